The van der Waals surface area contributed by atoms with Crippen molar-refractivity contribution in [3.8, 4) is 0 Å². The predicted molar refractivity (Wildman–Crippen MR) is 72.7 cm³/mol. The monoisotopic (exact) mass is 284 g/mol. The number of nitrogens with one attached hydrogen (secondary N) is 2. The molecule has 0 unspecified atom stereocenters. The van der Waals surface area contributed by atoms with E-state index in [9.17, 15) is 8.78 Å². The Morgan fingerprint density at radius 1 is 1.21 bits per heavy atom. The van der Waals surface area contributed by atoms with Crippen LogP contribution in [0.1, 0.15) is 10.7 Å². The van der Waals surface area contributed by atoms with Crippen molar-refractivity contribution >= 4 is 23.0 Å². The number of rotatable bonds is 5. The molecule has 0 fully saturated rings. The third kappa shape index (κ3) is 3.37. The van der Waals surface area contributed by atoms with Crippen LogP contribution in [-0.4, -0.2) is 23.6 Å². The minimum Gasteiger partial charge on any atom is -0.371 e. The maximum Gasteiger partial charge on any atom is 0.168 e. The molecule has 0 atom stereocenters. The minimum atomic E-state index is -0.707. The van der Waals surface area contributed by atoms with E-state index in [0.29, 0.717) is 13.0 Å². The third-order valence-electron chi connectivity index (χ3n) is 2.46. The summed E-state index contributed by atoms with van der Waals surface area (Å²) in [5, 5.41) is 8.35. The van der Waals surface area contributed by atoms with Gasteiger partial charge in [-0.25, -0.2) is 18.7 Å². The lowest BCUT2D eigenvalue weighted by Gasteiger charge is -2.08. The van der Waals surface area contributed by atoms with Crippen LogP contribution in [0.25, 0.3) is 0 Å². The highest BCUT2D eigenvalue weighted by Crippen LogP contribution is 2.18. The van der Waals surface area contributed by atoms with Crippen molar-refractivity contribution in [1.82, 2.24) is 9.97 Å². The van der Waals surface area contributed by atoms with Gasteiger partial charge in [-0.3, -0.25) is 0 Å². The normalized spacial score (nSPS) is 10.5. The van der Waals surface area contributed by atoms with Gasteiger partial charge < -0.3 is 10.6 Å². The Morgan fingerprint density at radius 2 is 1.95 bits per heavy atom. The summed E-state index contributed by atoms with van der Waals surface area (Å²) in [5.41, 5.74) is 0.976. The molecule has 0 bridgehead atoms. The molecule has 0 saturated heterocycles. The van der Waals surface area contributed by atoms with Crippen molar-refractivity contribution in [3.05, 3.63) is 33.8 Å². The Balaban J connectivity index is 1.99. The zero-order valence-electron chi connectivity index (χ0n) is 10.6. The van der Waals surface area contributed by atoms with Crippen molar-refractivity contribution in [2.75, 3.05) is 24.2 Å². The SMILES string of the molecule is CNc1nc(NCCc2nc(C)cs2)c(F)cc1F. The van der Waals surface area contributed by atoms with E-state index in [1.54, 1.807) is 11.3 Å². The fourth-order valence-electron chi connectivity index (χ4n) is 1.57. The lowest BCUT2D eigenvalue weighted by molar-refractivity contribution is 0.578. The fourth-order valence-corrected chi connectivity index (χ4v) is 2.35. The first-order chi connectivity index (χ1) is 9.10. The summed E-state index contributed by atoms with van der Waals surface area (Å²) in [6.07, 6.45) is 0.673. The van der Waals surface area contributed by atoms with Gasteiger partial charge in [0.25, 0.3) is 0 Å². The number of aromatic nitrogens is 2. The lowest BCUT2D eigenvalue weighted by atomic mass is 10.3. The molecule has 0 saturated carbocycles. The summed E-state index contributed by atoms with van der Waals surface area (Å²) in [7, 11) is 1.53. The van der Waals surface area contributed by atoms with Gasteiger partial charge in [0.05, 0.1) is 5.01 Å². The van der Waals surface area contributed by atoms with E-state index in [2.05, 4.69) is 20.6 Å². The zero-order chi connectivity index (χ0) is 13.8. The Morgan fingerprint density at radius 3 is 2.58 bits per heavy atom. The number of hydrogen-bond acceptors (Lipinski definition) is 5. The van der Waals surface area contributed by atoms with E-state index >= 15 is 0 Å². The van der Waals surface area contributed by atoms with E-state index < -0.39 is 11.6 Å². The van der Waals surface area contributed by atoms with Gasteiger partial charge in [-0.05, 0) is 6.92 Å². The first-order valence-electron chi connectivity index (χ1n) is 5.79. The van der Waals surface area contributed by atoms with E-state index in [1.165, 1.54) is 7.05 Å². The highest BCUT2D eigenvalue weighted by molar-refractivity contribution is 7.09. The minimum absolute atomic E-state index is 0.0222. The number of thiazole rings is 1. The second-order valence-electron chi connectivity index (χ2n) is 3.96. The summed E-state index contributed by atoms with van der Waals surface area (Å²) in [6, 6.07) is 0.814. The van der Waals surface area contributed by atoms with Crippen LogP contribution >= 0.6 is 11.3 Å². The van der Waals surface area contributed by atoms with Gasteiger partial charge in [-0.2, -0.15) is 0 Å². The average molecular weight is 284 g/mol. The Kier molecular flexibility index (Phi) is 4.26. The highest BCUT2D eigenvalue weighted by atomic mass is 32.1. The number of pyridine rings is 1. The Bertz CT molecular complexity index is 571. The first-order valence-corrected chi connectivity index (χ1v) is 6.67. The first kappa shape index (κ1) is 13.7. The molecule has 0 radical (unpaired) electrons. The quantitative estimate of drug-likeness (QED) is 0.886. The second kappa shape index (κ2) is 5.92. The molecule has 102 valence electrons. The van der Waals surface area contributed by atoms with Crippen LogP contribution in [-0.2, 0) is 6.42 Å². The van der Waals surface area contributed by atoms with Crippen molar-refractivity contribution in [2.24, 2.45) is 0 Å². The maximum atomic E-state index is 13.5. The summed E-state index contributed by atoms with van der Waals surface area (Å²) in [5.74, 6) is -1.35. The summed E-state index contributed by atoms with van der Waals surface area (Å²) in [6.45, 7) is 2.42. The predicted octanol–water partition coefficient (Wildman–Crippen LogP) is 2.82. The Labute approximate surface area is 113 Å². The molecular formula is C12H14F2N4S. The molecule has 0 aromatic carbocycles. The van der Waals surface area contributed by atoms with Gasteiger partial charge in [-0.15, -0.1) is 11.3 Å². The molecule has 0 amide bonds. The standard InChI is InChI=1S/C12H14F2N4S/c1-7-6-19-10(17-7)3-4-16-12-9(14)5-8(13)11(15-2)18-12/h5-6H,3-4H2,1-2H3,(H2,15,16,18). The summed E-state index contributed by atoms with van der Waals surface area (Å²) < 4.78 is 26.7. The molecule has 2 aromatic rings. The number of hydrogen-bond donors (Lipinski definition) is 2. The Hall–Kier alpha value is -1.76. The average Bonchev–Trinajstić information content (AvgIpc) is 2.78. The fraction of sp³-hybridized carbons (Fsp3) is 0.333. The molecule has 0 spiro atoms. The van der Waals surface area contributed by atoms with E-state index in [4.69, 9.17) is 0 Å². The molecule has 0 aliphatic carbocycles. The smallest absolute Gasteiger partial charge is 0.168 e. The van der Waals surface area contributed by atoms with Gasteiger partial charge >= 0.3 is 0 Å². The topological polar surface area (TPSA) is 49.8 Å². The second-order valence-corrected chi connectivity index (χ2v) is 4.90. The van der Waals surface area contributed by atoms with Crippen molar-refractivity contribution in [3.63, 3.8) is 0 Å². The number of nitrogens with zero attached hydrogens (tertiary/aromatic N) is 2. The molecule has 4 nitrogen and oxygen atoms in total. The van der Waals surface area contributed by atoms with Crippen LogP contribution in [0.5, 0.6) is 0 Å². The highest BCUT2D eigenvalue weighted by Gasteiger charge is 2.10. The zero-order valence-corrected chi connectivity index (χ0v) is 11.4. The van der Waals surface area contributed by atoms with E-state index in [1.807, 2.05) is 12.3 Å². The van der Waals surface area contributed by atoms with Crippen LogP contribution < -0.4 is 10.6 Å². The molecule has 0 aliphatic heterocycles. The lowest BCUT2D eigenvalue weighted by Crippen LogP contribution is -2.10. The molecule has 7 heteroatoms. The molecule has 2 N–H and O–H groups in total. The molecular weight excluding hydrogens is 270 g/mol. The largest absolute Gasteiger partial charge is 0.371 e. The van der Waals surface area contributed by atoms with Crippen molar-refractivity contribution in [2.45, 2.75) is 13.3 Å². The van der Waals surface area contributed by atoms with Gasteiger partial charge in [0, 0.05) is 37.2 Å². The molecule has 2 heterocycles. The van der Waals surface area contributed by atoms with Gasteiger partial charge in [0.15, 0.2) is 23.3 Å². The van der Waals surface area contributed by atoms with Crippen LogP contribution in [0.3, 0.4) is 0 Å². The number of aryl methyl sites for hydroxylation is 1. The van der Waals surface area contributed by atoms with E-state index in [-0.39, 0.29) is 11.6 Å². The number of anilines is 2. The van der Waals surface area contributed by atoms with Crippen LogP contribution in [0.15, 0.2) is 11.4 Å². The van der Waals surface area contributed by atoms with Crippen molar-refractivity contribution < 1.29 is 8.78 Å². The van der Waals surface area contributed by atoms with Crippen LogP contribution in [0.2, 0.25) is 0 Å². The molecule has 19 heavy (non-hydrogen) atoms. The summed E-state index contributed by atoms with van der Waals surface area (Å²) in [4.78, 5) is 8.14. The van der Waals surface area contributed by atoms with Crippen molar-refractivity contribution in [1.29, 1.82) is 0 Å². The summed E-state index contributed by atoms with van der Waals surface area (Å²) >= 11 is 1.56. The number of halogens is 2. The third-order valence-corrected chi connectivity index (χ3v) is 3.49. The molecule has 0 aliphatic rings. The molecule has 2 aromatic heterocycles. The van der Waals surface area contributed by atoms with Crippen LogP contribution in [0, 0.1) is 18.6 Å². The van der Waals surface area contributed by atoms with Gasteiger partial charge in [0.2, 0.25) is 0 Å². The molecule has 2 rings (SSSR count). The van der Waals surface area contributed by atoms with Gasteiger partial charge in [-0.1, -0.05) is 0 Å². The van der Waals surface area contributed by atoms with E-state index in [0.717, 1.165) is 16.8 Å². The van der Waals surface area contributed by atoms with Crippen LogP contribution in [0.4, 0.5) is 20.4 Å². The van der Waals surface area contributed by atoms with Gasteiger partial charge in [0.1, 0.15) is 0 Å². The maximum absolute atomic E-state index is 13.5.